The quantitative estimate of drug-likeness (QED) is 0.522. The summed E-state index contributed by atoms with van der Waals surface area (Å²) < 4.78 is 39.6. The number of nitrogens with zero attached hydrogens (tertiary/aromatic N) is 2. The lowest BCUT2D eigenvalue weighted by molar-refractivity contribution is -0.123. The molecule has 4 N–H and O–H groups in total. The third-order valence-electron chi connectivity index (χ3n) is 5.82. The van der Waals surface area contributed by atoms with Crippen molar-refractivity contribution in [2.75, 3.05) is 26.2 Å². The first-order chi connectivity index (χ1) is 16.3. The van der Waals surface area contributed by atoms with Crippen LogP contribution in [0.25, 0.3) is 22.8 Å². The fourth-order valence-corrected chi connectivity index (χ4v) is 3.93. The second-order valence-electron chi connectivity index (χ2n) is 8.05. The molecule has 8 nitrogen and oxygen atoms in total. The molecule has 0 radical (unpaired) electrons. The zero-order valence-electron chi connectivity index (χ0n) is 18.3. The number of hydrogen-bond acceptors (Lipinski definition) is 6. The van der Waals surface area contributed by atoms with Gasteiger partial charge in [0.05, 0.1) is 0 Å². The van der Waals surface area contributed by atoms with E-state index in [4.69, 9.17) is 20.6 Å². The lowest BCUT2D eigenvalue weighted by Crippen LogP contribution is -2.40. The number of carbonyl (C=O) groups excluding carboxylic acids is 2. The van der Waals surface area contributed by atoms with Crippen LogP contribution in [0.3, 0.4) is 0 Å². The molecule has 0 atom stereocenters. The van der Waals surface area contributed by atoms with Gasteiger partial charge in [0.15, 0.2) is 11.5 Å². The number of benzene rings is 2. The number of piperidine rings is 1. The lowest BCUT2D eigenvalue weighted by atomic mass is 9.96. The van der Waals surface area contributed by atoms with Crippen molar-refractivity contribution in [1.29, 1.82) is 0 Å². The normalized spacial score (nSPS) is 14.8. The van der Waals surface area contributed by atoms with E-state index in [0.717, 1.165) is 38.1 Å². The highest BCUT2D eigenvalue weighted by Crippen LogP contribution is 2.33. The Morgan fingerprint density at radius 3 is 2.29 bits per heavy atom. The first-order valence-electron chi connectivity index (χ1n) is 10.8. The highest BCUT2D eigenvalue weighted by atomic mass is 19.1. The molecule has 2 amide bonds. The van der Waals surface area contributed by atoms with Crippen LogP contribution in [0.15, 0.2) is 46.9 Å². The molecule has 1 aliphatic rings. The monoisotopic (exact) mass is 470 g/mol. The van der Waals surface area contributed by atoms with Gasteiger partial charge in [-0.2, -0.15) is 0 Å². The smallest absolute Gasteiger partial charge is 0.271 e. The van der Waals surface area contributed by atoms with Crippen molar-refractivity contribution >= 4 is 11.8 Å². The molecule has 34 heavy (non-hydrogen) atoms. The first-order valence-corrected chi connectivity index (χ1v) is 10.8. The maximum absolute atomic E-state index is 14.1. The number of ether oxygens (including phenoxy) is 1. The molecule has 4 rings (SSSR count). The Hall–Kier alpha value is -3.79. The Bertz CT molecular complexity index is 1170. The molecule has 0 spiro atoms. The summed E-state index contributed by atoms with van der Waals surface area (Å²) in [5.74, 6) is -2.69. The standard InChI is InChI=1S/C24H24F2N4O4/c25-17-2-1-3-18(26)19(17)24-29-20(23(28)32)21(34-24)14-4-6-16(7-5-14)33-13-12-30-10-8-15(9-11-30)22(27)31/h1-7,15H,8-13H2,(H2,27,31)(H2,28,32). The Labute approximate surface area is 194 Å². The number of hydrogen-bond donors (Lipinski definition) is 2. The summed E-state index contributed by atoms with van der Waals surface area (Å²) in [7, 11) is 0. The van der Waals surface area contributed by atoms with Crippen molar-refractivity contribution in [1.82, 2.24) is 9.88 Å². The fourth-order valence-electron chi connectivity index (χ4n) is 3.93. The highest BCUT2D eigenvalue weighted by Gasteiger charge is 2.25. The summed E-state index contributed by atoms with van der Waals surface area (Å²) in [6, 6.07) is 10.0. The third kappa shape index (κ3) is 5.07. The van der Waals surface area contributed by atoms with Crippen LogP contribution in [-0.2, 0) is 4.79 Å². The number of likely N-dealkylation sites (tertiary alicyclic amines) is 1. The zero-order valence-corrected chi connectivity index (χ0v) is 18.3. The minimum absolute atomic E-state index is 0.00836. The SMILES string of the molecule is NC(=O)c1nc(-c2c(F)cccc2F)oc1-c1ccc(OCCN2CCC(C(N)=O)CC2)cc1. The molecule has 3 aromatic rings. The van der Waals surface area contributed by atoms with Crippen LogP contribution in [0.2, 0.25) is 0 Å². The van der Waals surface area contributed by atoms with Crippen LogP contribution in [-0.4, -0.2) is 47.9 Å². The van der Waals surface area contributed by atoms with Gasteiger partial charge in [-0.15, -0.1) is 0 Å². The number of aromatic nitrogens is 1. The van der Waals surface area contributed by atoms with E-state index in [2.05, 4.69) is 9.88 Å². The van der Waals surface area contributed by atoms with Gasteiger partial charge in [0.25, 0.3) is 5.91 Å². The maximum atomic E-state index is 14.1. The minimum atomic E-state index is -0.887. The van der Waals surface area contributed by atoms with Gasteiger partial charge < -0.3 is 20.6 Å². The number of amides is 2. The highest BCUT2D eigenvalue weighted by molar-refractivity contribution is 5.97. The van der Waals surface area contributed by atoms with Gasteiger partial charge in [-0.25, -0.2) is 13.8 Å². The van der Waals surface area contributed by atoms with Crippen LogP contribution >= 0.6 is 0 Å². The van der Waals surface area contributed by atoms with Crippen LogP contribution in [0, 0.1) is 17.6 Å². The predicted octanol–water partition coefficient (Wildman–Crippen LogP) is 2.96. The minimum Gasteiger partial charge on any atom is -0.492 e. The molecule has 178 valence electrons. The molecule has 0 saturated carbocycles. The average Bonchev–Trinajstić information content (AvgIpc) is 3.25. The molecular formula is C24H24F2N4O4. The second-order valence-corrected chi connectivity index (χ2v) is 8.05. The van der Waals surface area contributed by atoms with Crippen LogP contribution in [0.1, 0.15) is 23.3 Å². The van der Waals surface area contributed by atoms with Crippen molar-refractivity contribution in [3.8, 4) is 28.5 Å². The second kappa shape index (κ2) is 10.0. The van der Waals surface area contributed by atoms with E-state index in [9.17, 15) is 18.4 Å². The number of oxazole rings is 1. The molecule has 0 aliphatic carbocycles. The van der Waals surface area contributed by atoms with Crippen molar-refractivity contribution in [3.05, 3.63) is 59.8 Å². The maximum Gasteiger partial charge on any atom is 0.271 e. The first kappa shape index (κ1) is 23.4. The number of carbonyl (C=O) groups is 2. The lowest BCUT2D eigenvalue weighted by Gasteiger charge is -2.30. The molecule has 1 fully saturated rings. The fraction of sp³-hybridized carbons (Fsp3) is 0.292. The van der Waals surface area contributed by atoms with Gasteiger partial charge in [-0.05, 0) is 62.3 Å². The Morgan fingerprint density at radius 2 is 1.71 bits per heavy atom. The predicted molar refractivity (Wildman–Crippen MR) is 120 cm³/mol. The average molecular weight is 470 g/mol. The summed E-state index contributed by atoms with van der Waals surface area (Å²) in [6.45, 7) is 2.75. The van der Waals surface area contributed by atoms with Crippen molar-refractivity contribution < 1.29 is 27.5 Å². The van der Waals surface area contributed by atoms with E-state index in [0.29, 0.717) is 24.5 Å². The molecule has 1 saturated heterocycles. The molecule has 2 aromatic carbocycles. The van der Waals surface area contributed by atoms with E-state index in [1.165, 1.54) is 6.07 Å². The zero-order chi connectivity index (χ0) is 24.2. The van der Waals surface area contributed by atoms with Gasteiger partial charge in [-0.3, -0.25) is 14.5 Å². The number of rotatable bonds is 8. The van der Waals surface area contributed by atoms with E-state index < -0.39 is 23.1 Å². The molecule has 1 aliphatic heterocycles. The summed E-state index contributed by atoms with van der Waals surface area (Å²) >= 11 is 0. The van der Waals surface area contributed by atoms with E-state index in [1.54, 1.807) is 24.3 Å². The van der Waals surface area contributed by atoms with Crippen molar-refractivity contribution in [2.24, 2.45) is 17.4 Å². The van der Waals surface area contributed by atoms with Crippen molar-refractivity contribution in [3.63, 3.8) is 0 Å². The molecule has 10 heteroatoms. The van der Waals surface area contributed by atoms with Crippen LogP contribution < -0.4 is 16.2 Å². The van der Waals surface area contributed by atoms with Gasteiger partial charge in [0.1, 0.15) is 29.6 Å². The van der Waals surface area contributed by atoms with Gasteiger partial charge in [-0.1, -0.05) is 6.07 Å². The number of primary amides is 2. The summed E-state index contributed by atoms with van der Waals surface area (Å²) in [6.07, 6.45) is 1.50. The Morgan fingerprint density at radius 1 is 1.06 bits per heavy atom. The van der Waals surface area contributed by atoms with Crippen molar-refractivity contribution in [2.45, 2.75) is 12.8 Å². The Kier molecular flexibility index (Phi) is 6.87. The van der Waals surface area contributed by atoms with Crippen LogP contribution in [0.4, 0.5) is 8.78 Å². The van der Waals surface area contributed by atoms with E-state index in [-0.39, 0.29) is 29.2 Å². The van der Waals surface area contributed by atoms with Gasteiger partial charge in [0, 0.05) is 18.0 Å². The molecule has 1 aromatic heterocycles. The largest absolute Gasteiger partial charge is 0.492 e. The van der Waals surface area contributed by atoms with Crippen LogP contribution in [0.5, 0.6) is 5.75 Å². The van der Waals surface area contributed by atoms with E-state index >= 15 is 0 Å². The molecule has 2 heterocycles. The summed E-state index contributed by atoms with van der Waals surface area (Å²) in [5.41, 5.74) is 10.5. The molecule has 0 unspecified atom stereocenters. The summed E-state index contributed by atoms with van der Waals surface area (Å²) in [4.78, 5) is 29.3. The number of halogens is 2. The van der Waals surface area contributed by atoms with Gasteiger partial charge in [0.2, 0.25) is 11.8 Å². The topological polar surface area (TPSA) is 125 Å². The Balaban J connectivity index is 1.43. The third-order valence-corrected chi connectivity index (χ3v) is 5.82. The molecule has 0 bridgehead atoms. The van der Waals surface area contributed by atoms with Gasteiger partial charge >= 0.3 is 0 Å². The number of nitrogens with two attached hydrogens (primary N) is 2. The molecular weight excluding hydrogens is 446 g/mol. The summed E-state index contributed by atoms with van der Waals surface area (Å²) in [5, 5.41) is 0. The van der Waals surface area contributed by atoms with E-state index in [1.807, 2.05) is 0 Å².